The molecule has 0 saturated heterocycles. The maximum absolute atomic E-state index is 12.2. The van der Waals surface area contributed by atoms with Crippen LogP contribution in [-0.2, 0) is 4.79 Å². The number of urea groups is 1. The molecule has 0 heterocycles. The first kappa shape index (κ1) is 18.8. The number of nitrogens with two attached hydrogens (primary N) is 1. The lowest BCUT2D eigenvalue weighted by Gasteiger charge is -2.23. The minimum Gasteiger partial charge on any atom is -0.418 e. The Morgan fingerprint density at radius 1 is 1.35 bits per heavy atom. The molecule has 1 aromatic carbocycles. The van der Waals surface area contributed by atoms with Crippen LogP contribution in [0.5, 0.6) is 5.75 Å². The Labute approximate surface area is 137 Å². The van der Waals surface area contributed by atoms with Gasteiger partial charge in [0, 0.05) is 7.05 Å². The van der Waals surface area contributed by atoms with E-state index in [9.17, 15) is 22.8 Å². The second-order valence-electron chi connectivity index (χ2n) is 3.87. The number of benzene rings is 1. The van der Waals surface area contributed by atoms with Crippen LogP contribution in [0.2, 0.25) is 10.0 Å². The maximum Gasteiger partial charge on any atom is 0.491 e. The Kier molecular flexibility index (Phi) is 5.67. The van der Waals surface area contributed by atoms with E-state index in [1.54, 1.807) is 0 Å². The predicted octanol–water partition coefficient (Wildman–Crippen LogP) is 2.50. The zero-order chi connectivity index (χ0) is 17.9. The first-order valence-corrected chi connectivity index (χ1v) is 6.39. The quantitative estimate of drug-likeness (QED) is 0.320. The zero-order valence-electron chi connectivity index (χ0n) is 11.3. The molecule has 2 amide bonds. The number of esters is 1. The summed E-state index contributed by atoms with van der Waals surface area (Å²) < 4.78 is 40.9. The van der Waals surface area contributed by atoms with Crippen LogP contribution in [0.25, 0.3) is 0 Å². The molecule has 23 heavy (non-hydrogen) atoms. The van der Waals surface area contributed by atoms with Crippen molar-refractivity contribution in [3.63, 3.8) is 0 Å². The van der Waals surface area contributed by atoms with Gasteiger partial charge in [-0.2, -0.15) is 13.2 Å². The SMILES string of the molecule is CNC(=O)N(C(=N)N)c1c(Cl)ccc(OC(=O)C(F)(F)F)c1Cl. The van der Waals surface area contributed by atoms with Crippen LogP contribution in [-0.4, -0.2) is 31.2 Å². The van der Waals surface area contributed by atoms with E-state index < -0.39 is 40.6 Å². The van der Waals surface area contributed by atoms with Gasteiger partial charge in [0.05, 0.1) is 10.7 Å². The summed E-state index contributed by atoms with van der Waals surface area (Å²) in [7, 11) is 1.22. The van der Waals surface area contributed by atoms with Crippen molar-refractivity contribution in [3.05, 3.63) is 22.2 Å². The fourth-order valence-corrected chi connectivity index (χ4v) is 1.99. The lowest BCUT2D eigenvalue weighted by Crippen LogP contribution is -2.46. The highest BCUT2D eigenvalue weighted by Crippen LogP contribution is 2.41. The van der Waals surface area contributed by atoms with Gasteiger partial charge in [0.25, 0.3) is 0 Å². The van der Waals surface area contributed by atoms with Gasteiger partial charge in [-0.25, -0.2) is 14.5 Å². The summed E-state index contributed by atoms with van der Waals surface area (Å²) in [6.07, 6.45) is -5.25. The van der Waals surface area contributed by atoms with Crippen LogP contribution in [0.15, 0.2) is 12.1 Å². The number of carbonyl (C=O) groups excluding carboxylic acids is 2. The summed E-state index contributed by atoms with van der Waals surface area (Å²) in [6.45, 7) is 0. The molecule has 12 heteroatoms. The molecule has 0 unspecified atom stereocenters. The minimum absolute atomic E-state index is 0.208. The number of ether oxygens (including phenoxy) is 1. The number of guanidine groups is 1. The molecule has 1 rings (SSSR count). The van der Waals surface area contributed by atoms with Crippen LogP contribution < -0.4 is 20.7 Å². The van der Waals surface area contributed by atoms with Crippen molar-refractivity contribution in [2.24, 2.45) is 5.73 Å². The van der Waals surface area contributed by atoms with E-state index in [1.807, 2.05) is 0 Å². The number of alkyl halides is 3. The minimum atomic E-state index is -5.25. The smallest absolute Gasteiger partial charge is 0.418 e. The Hall–Kier alpha value is -2.20. The molecule has 0 spiro atoms. The Morgan fingerprint density at radius 2 is 1.91 bits per heavy atom. The van der Waals surface area contributed by atoms with Crippen molar-refractivity contribution in [2.45, 2.75) is 6.18 Å². The van der Waals surface area contributed by atoms with Gasteiger partial charge in [0.15, 0.2) is 5.75 Å². The molecule has 0 aliphatic rings. The molecule has 0 aliphatic carbocycles. The van der Waals surface area contributed by atoms with E-state index >= 15 is 0 Å². The molecular formula is C11H9Cl2F3N4O3. The highest BCUT2D eigenvalue weighted by atomic mass is 35.5. The second kappa shape index (κ2) is 6.92. The van der Waals surface area contributed by atoms with E-state index in [2.05, 4.69) is 10.1 Å². The lowest BCUT2D eigenvalue weighted by molar-refractivity contribution is -0.189. The molecule has 0 bridgehead atoms. The second-order valence-corrected chi connectivity index (χ2v) is 4.66. The maximum atomic E-state index is 12.2. The number of amides is 2. The Morgan fingerprint density at radius 3 is 2.35 bits per heavy atom. The first-order valence-electron chi connectivity index (χ1n) is 5.63. The molecule has 126 valence electrons. The summed E-state index contributed by atoms with van der Waals surface area (Å²) in [5.41, 5.74) is 4.84. The van der Waals surface area contributed by atoms with Crippen LogP contribution in [0.3, 0.4) is 0 Å². The van der Waals surface area contributed by atoms with Gasteiger partial charge in [-0.3, -0.25) is 5.41 Å². The normalized spacial score (nSPS) is 10.9. The molecule has 1 aromatic rings. The van der Waals surface area contributed by atoms with Gasteiger partial charge in [0.1, 0.15) is 5.02 Å². The van der Waals surface area contributed by atoms with Crippen LogP contribution in [0, 0.1) is 5.41 Å². The molecule has 0 fully saturated rings. The van der Waals surface area contributed by atoms with E-state index in [4.69, 9.17) is 34.3 Å². The fourth-order valence-electron chi connectivity index (χ4n) is 1.41. The number of halogens is 5. The topological polar surface area (TPSA) is 109 Å². The third kappa shape index (κ3) is 4.17. The van der Waals surface area contributed by atoms with E-state index in [-0.39, 0.29) is 5.02 Å². The van der Waals surface area contributed by atoms with Crippen LogP contribution >= 0.6 is 23.2 Å². The van der Waals surface area contributed by atoms with Crippen molar-refractivity contribution < 1.29 is 27.5 Å². The molecule has 7 nitrogen and oxygen atoms in total. The Balaban J connectivity index is 3.39. The highest BCUT2D eigenvalue weighted by molar-refractivity contribution is 6.42. The third-order valence-electron chi connectivity index (χ3n) is 2.35. The van der Waals surface area contributed by atoms with Crippen LogP contribution in [0.4, 0.5) is 23.7 Å². The van der Waals surface area contributed by atoms with Gasteiger partial charge in [-0.05, 0) is 12.1 Å². The van der Waals surface area contributed by atoms with Gasteiger partial charge in [0.2, 0.25) is 5.96 Å². The van der Waals surface area contributed by atoms with E-state index in [0.717, 1.165) is 12.1 Å². The van der Waals surface area contributed by atoms with E-state index in [0.29, 0.717) is 4.90 Å². The average molecular weight is 373 g/mol. The third-order valence-corrected chi connectivity index (χ3v) is 3.02. The van der Waals surface area contributed by atoms with Gasteiger partial charge in [-0.1, -0.05) is 23.2 Å². The summed E-state index contributed by atoms with van der Waals surface area (Å²) >= 11 is 11.7. The number of rotatable bonds is 2. The van der Waals surface area contributed by atoms with Gasteiger partial charge in [-0.15, -0.1) is 0 Å². The molecular weight excluding hydrogens is 364 g/mol. The number of hydrogen-bond donors (Lipinski definition) is 3. The van der Waals surface area contributed by atoms with Crippen LogP contribution in [0.1, 0.15) is 0 Å². The molecule has 0 radical (unpaired) electrons. The molecule has 4 N–H and O–H groups in total. The summed E-state index contributed by atoms with van der Waals surface area (Å²) in [5.74, 6) is -4.03. The summed E-state index contributed by atoms with van der Waals surface area (Å²) in [5, 5.41) is 8.70. The molecule has 0 aromatic heterocycles. The standard InChI is InChI=1S/C11H9Cl2F3N4O3/c1-19-10(22)20(9(17)18)7-4(12)2-3-5(6(7)13)23-8(21)11(14,15)16/h2-3H,1H3,(H3,17,18)(H,19,22). The number of nitrogens with one attached hydrogen (secondary N) is 2. The monoisotopic (exact) mass is 372 g/mol. The largest absolute Gasteiger partial charge is 0.491 e. The van der Waals surface area contributed by atoms with Crippen molar-refractivity contribution in [3.8, 4) is 5.75 Å². The summed E-state index contributed by atoms with van der Waals surface area (Å²) in [6, 6.07) is 1.00. The molecule has 0 aliphatic heterocycles. The number of carbonyl (C=O) groups is 2. The van der Waals surface area contributed by atoms with Gasteiger partial charge >= 0.3 is 18.2 Å². The fraction of sp³-hybridized carbons (Fsp3) is 0.182. The number of anilines is 1. The Bertz CT molecular complexity index is 667. The van der Waals surface area contributed by atoms with Crippen molar-refractivity contribution in [1.82, 2.24) is 5.32 Å². The predicted molar refractivity (Wildman–Crippen MR) is 77.0 cm³/mol. The van der Waals surface area contributed by atoms with E-state index in [1.165, 1.54) is 7.05 Å². The number of hydrogen-bond acceptors (Lipinski definition) is 4. The van der Waals surface area contributed by atoms with Gasteiger partial charge < -0.3 is 15.8 Å². The van der Waals surface area contributed by atoms with Crippen molar-refractivity contribution in [1.29, 1.82) is 5.41 Å². The number of nitrogens with zero attached hydrogens (tertiary/aromatic N) is 1. The van der Waals surface area contributed by atoms with Crippen molar-refractivity contribution >= 4 is 46.8 Å². The zero-order valence-corrected chi connectivity index (χ0v) is 12.8. The summed E-state index contributed by atoms with van der Waals surface area (Å²) in [4.78, 5) is 23.1. The average Bonchev–Trinajstić information content (AvgIpc) is 2.44. The molecule has 0 atom stereocenters. The van der Waals surface area contributed by atoms with Crippen molar-refractivity contribution in [2.75, 3.05) is 11.9 Å². The lowest BCUT2D eigenvalue weighted by atomic mass is 10.2. The first-order chi connectivity index (χ1) is 10.5. The highest BCUT2D eigenvalue weighted by Gasteiger charge is 2.42. The molecule has 0 saturated carbocycles.